The fourth-order valence-electron chi connectivity index (χ4n) is 9.44. The van der Waals surface area contributed by atoms with Crippen LogP contribution in [0.15, 0.2) is 73.4 Å². The topological polar surface area (TPSA) is 179 Å². The molecule has 15 heteroatoms. The Labute approximate surface area is 401 Å². The van der Waals surface area contributed by atoms with Gasteiger partial charge in [0.15, 0.2) is 0 Å². The Kier molecular flexibility index (Phi) is 18.8. The van der Waals surface area contributed by atoms with E-state index in [0.29, 0.717) is 38.9 Å². The Bertz CT molecular complexity index is 2440. The van der Waals surface area contributed by atoms with Crippen LogP contribution in [0.5, 0.6) is 0 Å². The number of nitrogens with one attached hydrogen (secondary N) is 2. The maximum absolute atomic E-state index is 14.0. The maximum Gasteiger partial charge on any atom is 0.293 e. The zero-order valence-electron chi connectivity index (χ0n) is 41.3. The Morgan fingerprint density at radius 3 is 2.41 bits per heavy atom. The normalized spacial score (nSPS) is 17.4. The van der Waals surface area contributed by atoms with Crippen LogP contribution in [0.4, 0.5) is 0 Å². The van der Waals surface area contributed by atoms with Gasteiger partial charge in [-0.05, 0) is 106 Å². The Morgan fingerprint density at radius 2 is 1.81 bits per heavy atom. The van der Waals surface area contributed by atoms with Gasteiger partial charge in [0, 0.05) is 80.3 Å². The SMILES string of the molecule is C=CC(=O)N1CC(C#N)C(C=O)C1.CCn1c(-c2cccnc2C(C)OC)c(CC(C)(C)COC=O)c2cc(-c3cccc(CC(NC(=O)C(C(C)C)N(C)C)C(=O)N4CCCCN4)c3)ccc21. The van der Waals surface area contributed by atoms with Crippen molar-refractivity contribution in [3.63, 3.8) is 0 Å². The van der Waals surface area contributed by atoms with Crippen molar-refractivity contribution in [3.05, 3.63) is 90.3 Å². The summed E-state index contributed by atoms with van der Waals surface area (Å²) in [6, 6.07) is 19.8. The second kappa shape index (κ2) is 24.2. The molecule has 2 aliphatic heterocycles. The summed E-state index contributed by atoms with van der Waals surface area (Å²) in [4.78, 5) is 68.7. The van der Waals surface area contributed by atoms with Gasteiger partial charge in [0.2, 0.25) is 11.8 Å². The molecule has 364 valence electrons. The summed E-state index contributed by atoms with van der Waals surface area (Å²) >= 11 is 0. The summed E-state index contributed by atoms with van der Waals surface area (Å²) < 4.78 is 13.4. The van der Waals surface area contributed by atoms with Gasteiger partial charge in [-0.1, -0.05) is 64.6 Å². The first-order valence-corrected chi connectivity index (χ1v) is 23.6. The number of hydrazine groups is 1. The number of carbonyl (C=O) groups is 5. The molecular formula is C53H70N8O7. The molecule has 0 saturated carbocycles. The van der Waals surface area contributed by atoms with E-state index in [-0.39, 0.29) is 59.6 Å². The fourth-order valence-corrected chi connectivity index (χ4v) is 9.44. The lowest BCUT2D eigenvalue weighted by Gasteiger charge is -2.33. The molecule has 5 unspecified atom stereocenters. The predicted molar refractivity (Wildman–Crippen MR) is 264 cm³/mol. The summed E-state index contributed by atoms with van der Waals surface area (Å²) in [5.41, 5.74) is 11.1. The van der Waals surface area contributed by atoms with Crippen molar-refractivity contribution >= 4 is 41.4 Å². The highest BCUT2D eigenvalue weighted by Gasteiger charge is 2.35. The van der Waals surface area contributed by atoms with Gasteiger partial charge < -0.3 is 29.1 Å². The number of benzene rings is 2. The molecule has 2 saturated heterocycles. The number of nitrogens with zero attached hydrogens (tertiary/aromatic N) is 6. The molecule has 2 aromatic carbocycles. The molecule has 68 heavy (non-hydrogen) atoms. The molecule has 3 amide bonds. The lowest BCUT2D eigenvalue weighted by Crippen LogP contribution is -2.58. The molecule has 15 nitrogen and oxygen atoms in total. The first-order chi connectivity index (χ1) is 32.5. The molecule has 0 bridgehead atoms. The number of rotatable bonds is 19. The van der Waals surface area contributed by atoms with E-state index in [0.717, 1.165) is 82.3 Å². The second-order valence-electron chi connectivity index (χ2n) is 19.1. The van der Waals surface area contributed by atoms with Crippen LogP contribution in [0.25, 0.3) is 33.3 Å². The molecule has 5 atom stereocenters. The van der Waals surface area contributed by atoms with Crippen molar-refractivity contribution in [1.82, 2.24) is 35.1 Å². The van der Waals surface area contributed by atoms with Crippen molar-refractivity contribution in [2.24, 2.45) is 23.2 Å². The average molecular weight is 931 g/mol. The third-order valence-corrected chi connectivity index (χ3v) is 12.9. The lowest BCUT2D eigenvalue weighted by atomic mass is 9.84. The van der Waals surface area contributed by atoms with Crippen molar-refractivity contribution in [1.29, 1.82) is 5.26 Å². The van der Waals surface area contributed by atoms with Gasteiger partial charge in [-0.3, -0.25) is 34.1 Å². The number of hydrogen-bond acceptors (Lipinski definition) is 11. The highest BCUT2D eigenvalue weighted by Crippen LogP contribution is 2.42. The number of hydrogen-bond donors (Lipinski definition) is 2. The number of methoxy groups -OCH3 is 1. The molecule has 0 aliphatic carbocycles. The Balaban J connectivity index is 0.000000573. The summed E-state index contributed by atoms with van der Waals surface area (Å²) in [5, 5.41) is 14.6. The standard InChI is InChI=1S/C44H60N6O5.C9H10N2O2/c1-10-49-38-19-18-33(25-35(38)36(26-44(5,6)27-55-28-51)41(49)34-17-14-20-45-39(34)30(4)54-9)32-16-13-15-31(23-32)24-37(43(53)50-22-12-11-21-46-50)47-42(52)40(29(2)3)48(7)8;1-2-9(13)11-4-7(3-10)8(5-11)6-12/h13-20,23,25,28-30,37,40,46H,10-12,21-22,24,26-27H2,1-9H3,(H,47,52);2,6-8H,1,4-5H2. The number of aromatic nitrogens is 2. The average Bonchev–Trinajstić information content (AvgIpc) is 3.90. The maximum atomic E-state index is 14.0. The van der Waals surface area contributed by atoms with Crippen LogP contribution in [-0.4, -0.2) is 121 Å². The summed E-state index contributed by atoms with van der Waals surface area (Å²) in [7, 11) is 5.49. The first-order valence-electron chi connectivity index (χ1n) is 23.6. The third kappa shape index (κ3) is 12.7. The molecule has 6 rings (SSSR count). The van der Waals surface area contributed by atoms with Gasteiger partial charge >= 0.3 is 0 Å². The summed E-state index contributed by atoms with van der Waals surface area (Å²) in [6.07, 6.45) is 6.45. The highest BCUT2D eigenvalue weighted by molar-refractivity contribution is 5.95. The summed E-state index contributed by atoms with van der Waals surface area (Å²) in [6.45, 7) is 19.3. The van der Waals surface area contributed by atoms with Gasteiger partial charge in [0.1, 0.15) is 12.3 Å². The molecule has 2 aliphatic rings. The highest BCUT2D eigenvalue weighted by atomic mass is 16.5. The monoisotopic (exact) mass is 931 g/mol. The number of pyridine rings is 1. The van der Waals surface area contributed by atoms with Crippen molar-refractivity contribution in [3.8, 4) is 28.5 Å². The molecule has 0 spiro atoms. The van der Waals surface area contributed by atoms with E-state index >= 15 is 0 Å². The minimum Gasteiger partial charge on any atom is -0.467 e. The van der Waals surface area contributed by atoms with Gasteiger partial charge in [-0.15, -0.1) is 0 Å². The second-order valence-corrected chi connectivity index (χ2v) is 19.1. The van der Waals surface area contributed by atoms with Crippen molar-refractivity contribution in [2.75, 3.05) is 54.0 Å². The van der Waals surface area contributed by atoms with Crippen molar-refractivity contribution < 1.29 is 33.4 Å². The number of amides is 3. The van der Waals surface area contributed by atoms with Gasteiger partial charge in [-0.25, -0.2) is 5.43 Å². The number of fused-ring (bicyclic) bond motifs is 1. The number of carbonyl (C=O) groups excluding carboxylic acids is 5. The van der Waals surface area contributed by atoms with Crippen LogP contribution in [0.1, 0.15) is 77.3 Å². The van der Waals surface area contributed by atoms with E-state index in [2.05, 4.69) is 79.1 Å². The molecule has 2 N–H and O–H groups in total. The molecule has 4 aromatic rings. The van der Waals surface area contributed by atoms with E-state index in [9.17, 15) is 24.0 Å². The number of ether oxygens (including phenoxy) is 2. The molecular weight excluding hydrogens is 861 g/mol. The number of likely N-dealkylation sites (tertiary alicyclic amines) is 1. The quantitative estimate of drug-likeness (QED) is 0.0770. The van der Waals surface area contributed by atoms with E-state index in [1.807, 2.05) is 64.0 Å². The van der Waals surface area contributed by atoms with Crippen molar-refractivity contribution in [2.45, 2.75) is 92.0 Å². The molecule has 2 aromatic heterocycles. The molecule has 0 radical (unpaired) electrons. The molecule has 4 heterocycles. The number of aldehydes is 1. The van der Waals surface area contributed by atoms with E-state index in [4.69, 9.17) is 19.7 Å². The largest absolute Gasteiger partial charge is 0.467 e. The Hall–Kier alpha value is -6.21. The van der Waals surface area contributed by atoms with Crippen LogP contribution >= 0.6 is 0 Å². The van der Waals surface area contributed by atoms with Crippen LogP contribution in [-0.2, 0) is 52.8 Å². The van der Waals surface area contributed by atoms with Crippen LogP contribution < -0.4 is 10.7 Å². The third-order valence-electron chi connectivity index (χ3n) is 12.9. The van der Waals surface area contributed by atoms with E-state index in [1.165, 1.54) is 11.0 Å². The minimum absolute atomic E-state index is 0.0707. The lowest BCUT2D eigenvalue weighted by molar-refractivity contribution is -0.141. The minimum atomic E-state index is -0.733. The Morgan fingerprint density at radius 1 is 1.06 bits per heavy atom. The van der Waals surface area contributed by atoms with Crippen LogP contribution in [0.2, 0.25) is 0 Å². The first kappa shape index (κ1) is 52.8. The zero-order valence-corrected chi connectivity index (χ0v) is 41.3. The predicted octanol–water partition coefficient (Wildman–Crippen LogP) is 6.55. The summed E-state index contributed by atoms with van der Waals surface area (Å²) in [5.74, 6) is -1.13. The van der Waals surface area contributed by atoms with Gasteiger partial charge in [0.25, 0.3) is 12.4 Å². The van der Waals surface area contributed by atoms with E-state index in [1.54, 1.807) is 18.3 Å². The smallest absolute Gasteiger partial charge is 0.293 e. The van der Waals surface area contributed by atoms with Gasteiger partial charge in [-0.2, -0.15) is 5.26 Å². The zero-order chi connectivity index (χ0) is 49.7. The molecule has 2 fully saturated rings. The van der Waals surface area contributed by atoms with E-state index < -0.39 is 6.04 Å². The van der Waals surface area contributed by atoms with Crippen LogP contribution in [0, 0.1) is 34.5 Å². The fraction of sp³-hybridized carbons (Fsp3) is 0.491. The van der Waals surface area contributed by atoms with Crippen LogP contribution in [0.3, 0.4) is 0 Å². The number of likely N-dealkylation sites (N-methyl/N-ethyl adjacent to an activating group) is 1. The van der Waals surface area contributed by atoms with Gasteiger partial charge in [0.05, 0.1) is 42.1 Å². The number of nitriles is 1. The number of aryl methyl sites for hydroxylation is 1.